The molecule has 0 heterocycles. The molecule has 1 aromatic rings. The third-order valence-electron chi connectivity index (χ3n) is 3.19. The van der Waals surface area contributed by atoms with Gasteiger partial charge in [0.1, 0.15) is 0 Å². The average molecular weight is 342 g/mol. The van der Waals surface area contributed by atoms with E-state index in [0.29, 0.717) is 5.56 Å². The number of carboxylic acids is 1. The van der Waals surface area contributed by atoms with Crippen molar-refractivity contribution in [3.05, 3.63) is 29.8 Å². The van der Waals surface area contributed by atoms with Crippen molar-refractivity contribution in [2.45, 2.75) is 37.1 Å². The van der Waals surface area contributed by atoms with Crippen molar-refractivity contribution in [1.29, 1.82) is 0 Å². The molecule has 0 bridgehead atoms. The standard InChI is InChI=1S/C15H22N2O5S/c1-15(2,10-9-13(18)19)16-23(21,22)12-7-5-11(6-8-12)14(20)17(3)4/h5-8,16H,9-10H2,1-4H3,(H,18,19). The van der Waals surface area contributed by atoms with E-state index in [9.17, 15) is 18.0 Å². The highest BCUT2D eigenvalue weighted by Gasteiger charge is 2.27. The van der Waals surface area contributed by atoms with Crippen LogP contribution in [0.5, 0.6) is 0 Å². The highest BCUT2D eigenvalue weighted by Crippen LogP contribution is 2.18. The number of rotatable bonds is 7. The lowest BCUT2D eigenvalue weighted by atomic mass is 10.0. The number of nitrogens with one attached hydrogen (secondary N) is 1. The maximum atomic E-state index is 12.4. The van der Waals surface area contributed by atoms with Crippen LogP contribution in [0.2, 0.25) is 0 Å². The van der Waals surface area contributed by atoms with E-state index < -0.39 is 21.5 Å². The molecule has 7 nitrogen and oxygen atoms in total. The van der Waals surface area contributed by atoms with Crippen molar-refractivity contribution in [2.75, 3.05) is 14.1 Å². The Labute approximate surface area is 136 Å². The van der Waals surface area contributed by atoms with Gasteiger partial charge in [-0.2, -0.15) is 0 Å². The van der Waals surface area contributed by atoms with Crippen molar-refractivity contribution in [1.82, 2.24) is 9.62 Å². The Bertz CT molecular complexity index is 678. The smallest absolute Gasteiger partial charge is 0.303 e. The lowest BCUT2D eigenvalue weighted by Gasteiger charge is -2.25. The zero-order chi connectivity index (χ0) is 17.8. The summed E-state index contributed by atoms with van der Waals surface area (Å²) in [6, 6.07) is 5.60. The third-order valence-corrected chi connectivity index (χ3v) is 4.91. The molecule has 0 aliphatic carbocycles. The summed E-state index contributed by atoms with van der Waals surface area (Å²) in [6.45, 7) is 3.24. The molecule has 128 valence electrons. The minimum absolute atomic E-state index is 0.0243. The van der Waals surface area contributed by atoms with Gasteiger partial charge in [0.05, 0.1) is 4.90 Å². The SMILES string of the molecule is CN(C)C(=O)c1ccc(S(=O)(=O)NC(C)(C)CCC(=O)O)cc1. The van der Waals surface area contributed by atoms with E-state index >= 15 is 0 Å². The number of hydrogen-bond donors (Lipinski definition) is 2. The zero-order valence-corrected chi connectivity index (χ0v) is 14.5. The number of carboxylic acid groups (broad SMARTS) is 1. The number of sulfonamides is 1. The molecule has 0 saturated carbocycles. The van der Waals surface area contributed by atoms with Gasteiger partial charge < -0.3 is 10.0 Å². The van der Waals surface area contributed by atoms with Crippen LogP contribution in [0.15, 0.2) is 29.2 Å². The molecule has 0 aliphatic rings. The Morgan fingerprint density at radius 3 is 2.13 bits per heavy atom. The normalized spacial score (nSPS) is 12.0. The van der Waals surface area contributed by atoms with Gasteiger partial charge in [-0.25, -0.2) is 13.1 Å². The molecule has 2 N–H and O–H groups in total. The molecular weight excluding hydrogens is 320 g/mol. The fraction of sp³-hybridized carbons (Fsp3) is 0.467. The molecule has 0 aliphatic heterocycles. The first-order valence-corrected chi connectivity index (χ1v) is 8.50. The molecule has 0 aromatic heterocycles. The van der Waals surface area contributed by atoms with Gasteiger partial charge in [0.25, 0.3) is 5.91 Å². The Balaban J connectivity index is 2.92. The topological polar surface area (TPSA) is 104 Å². The van der Waals surface area contributed by atoms with Crippen molar-refractivity contribution in [3.63, 3.8) is 0 Å². The van der Waals surface area contributed by atoms with Crippen molar-refractivity contribution in [3.8, 4) is 0 Å². The molecule has 0 spiro atoms. The summed E-state index contributed by atoms with van der Waals surface area (Å²) in [4.78, 5) is 23.8. The van der Waals surface area contributed by atoms with Crippen LogP contribution in [0.1, 0.15) is 37.0 Å². The highest BCUT2D eigenvalue weighted by atomic mass is 32.2. The van der Waals surface area contributed by atoms with Crippen molar-refractivity contribution < 1.29 is 23.1 Å². The Morgan fingerprint density at radius 1 is 1.17 bits per heavy atom. The van der Waals surface area contributed by atoms with E-state index in [2.05, 4.69) is 4.72 Å². The fourth-order valence-electron chi connectivity index (χ4n) is 1.93. The monoisotopic (exact) mass is 342 g/mol. The van der Waals surface area contributed by atoms with E-state index in [0.717, 1.165) is 0 Å². The van der Waals surface area contributed by atoms with Crippen LogP contribution in [0, 0.1) is 0 Å². The first-order chi connectivity index (χ1) is 10.4. The minimum Gasteiger partial charge on any atom is -0.481 e. The first kappa shape index (κ1) is 19.1. The van der Waals surface area contributed by atoms with Crippen LogP contribution in [0.25, 0.3) is 0 Å². The van der Waals surface area contributed by atoms with Crippen LogP contribution in [0.3, 0.4) is 0 Å². The van der Waals surface area contributed by atoms with E-state index in [1.165, 1.54) is 29.2 Å². The van der Waals surface area contributed by atoms with Crippen LogP contribution in [-0.2, 0) is 14.8 Å². The van der Waals surface area contributed by atoms with Gasteiger partial charge in [0, 0.05) is 31.6 Å². The average Bonchev–Trinajstić information content (AvgIpc) is 2.43. The minimum atomic E-state index is -3.80. The summed E-state index contributed by atoms with van der Waals surface area (Å²) < 4.78 is 27.2. The molecule has 0 saturated heterocycles. The van der Waals surface area contributed by atoms with Crippen molar-refractivity contribution >= 4 is 21.9 Å². The van der Waals surface area contributed by atoms with Crippen LogP contribution >= 0.6 is 0 Å². The van der Waals surface area contributed by atoms with Gasteiger partial charge >= 0.3 is 5.97 Å². The summed E-state index contributed by atoms with van der Waals surface area (Å²) in [7, 11) is -0.575. The number of amides is 1. The second kappa shape index (κ2) is 7.10. The van der Waals surface area contributed by atoms with Crippen LogP contribution in [0.4, 0.5) is 0 Å². The van der Waals surface area contributed by atoms with Gasteiger partial charge in [-0.3, -0.25) is 9.59 Å². The molecule has 0 radical (unpaired) electrons. The number of carbonyl (C=O) groups is 2. The summed E-state index contributed by atoms with van der Waals surface area (Å²) >= 11 is 0. The molecular formula is C15H22N2O5S. The second-order valence-electron chi connectivity index (χ2n) is 6.11. The molecule has 1 aromatic carbocycles. The third kappa shape index (κ3) is 5.65. The van der Waals surface area contributed by atoms with Gasteiger partial charge in [-0.05, 0) is 44.5 Å². The summed E-state index contributed by atoms with van der Waals surface area (Å²) in [6.07, 6.45) is 0.0323. The Kier molecular flexibility index (Phi) is 5.90. The second-order valence-corrected chi connectivity index (χ2v) is 7.79. The maximum absolute atomic E-state index is 12.4. The highest BCUT2D eigenvalue weighted by molar-refractivity contribution is 7.89. The van der Waals surface area contributed by atoms with Crippen molar-refractivity contribution in [2.24, 2.45) is 0 Å². The summed E-state index contributed by atoms with van der Waals surface area (Å²) in [5.74, 6) is -1.20. The summed E-state index contributed by atoms with van der Waals surface area (Å²) in [5.41, 5.74) is -0.505. The number of nitrogens with zero attached hydrogens (tertiary/aromatic N) is 1. The van der Waals surface area contributed by atoms with E-state index in [4.69, 9.17) is 5.11 Å². The van der Waals surface area contributed by atoms with Gasteiger partial charge in [-0.1, -0.05) is 0 Å². The molecule has 0 atom stereocenters. The first-order valence-electron chi connectivity index (χ1n) is 7.02. The number of benzene rings is 1. The summed E-state index contributed by atoms with van der Waals surface area (Å²) in [5, 5.41) is 8.71. The van der Waals surface area contributed by atoms with E-state index in [1.54, 1.807) is 27.9 Å². The molecule has 0 unspecified atom stereocenters. The zero-order valence-electron chi connectivity index (χ0n) is 13.7. The largest absolute Gasteiger partial charge is 0.481 e. The fourth-order valence-corrected chi connectivity index (χ4v) is 3.37. The van der Waals surface area contributed by atoms with Crippen LogP contribution < -0.4 is 4.72 Å². The van der Waals surface area contributed by atoms with Gasteiger partial charge in [0.15, 0.2) is 0 Å². The van der Waals surface area contributed by atoms with Gasteiger partial charge in [0.2, 0.25) is 10.0 Å². The molecule has 0 fully saturated rings. The predicted molar refractivity (Wildman–Crippen MR) is 85.7 cm³/mol. The Hall–Kier alpha value is -1.93. The molecule has 23 heavy (non-hydrogen) atoms. The predicted octanol–water partition coefficient (Wildman–Crippen LogP) is 1.31. The quantitative estimate of drug-likeness (QED) is 0.777. The molecule has 1 rings (SSSR count). The molecule has 1 amide bonds. The van der Waals surface area contributed by atoms with E-state index in [-0.39, 0.29) is 23.6 Å². The Morgan fingerprint density at radius 2 is 1.70 bits per heavy atom. The van der Waals surface area contributed by atoms with Gasteiger partial charge in [-0.15, -0.1) is 0 Å². The molecule has 8 heteroatoms. The lowest BCUT2D eigenvalue weighted by molar-refractivity contribution is -0.137. The number of hydrogen-bond acceptors (Lipinski definition) is 4. The number of carbonyl (C=O) groups excluding carboxylic acids is 1. The lowest BCUT2D eigenvalue weighted by Crippen LogP contribution is -2.43. The van der Waals surface area contributed by atoms with E-state index in [1.807, 2.05) is 0 Å². The number of aliphatic carboxylic acids is 1. The maximum Gasteiger partial charge on any atom is 0.303 e. The van der Waals surface area contributed by atoms with Crippen LogP contribution in [-0.4, -0.2) is 49.9 Å².